The van der Waals surface area contributed by atoms with Crippen molar-refractivity contribution in [2.75, 3.05) is 20.6 Å². The smallest absolute Gasteiger partial charge is 0.223 e. The first kappa shape index (κ1) is 13.1. The Kier molecular flexibility index (Phi) is 4.37. The van der Waals surface area contributed by atoms with E-state index in [0.29, 0.717) is 6.42 Å². The Hall–Kier alpha value is -1.35. The van der Waals surface area contributed by atoms with E-state index in [1.54, 1.807) is 19.0 Å². The first-order valence-electron chi connectivity index (χ1n) is 6.66. The van der Waals surface area contributed by atoms with Crippen LogP contribution in [0.5, 0.6) is 0 Å². The second kappa shape index (κ2) is 6.01. The average Bonchev–Trinajstić information content (AvgIpc) is 3.19. The standard InChI is InChI=1S/C15H22N2O/c1-17(2)15(18)9-10-16-11-12-3-5-13(6-4-12)14-7-8-14/h3-6,14,16H,7-11H2,1-2H3. The van der Waals surface area contributed by atoms with Crippen LogP contribution >= 0.6 is 0 Å². The van der Waals surface area contributed by atoms with Crippen LogP contribution in [0, 0.1) is 0 Å². The largest absolute Gasteiger partial charge is 0.349 e. The highest BCUT2D eigenvalue weighted by molar-refractivity contribution is 5.75. The van der Waals surface area contributed by atoms with Crippen LogP contribution in [-0.4, -0.2) is 31.4 Å². The minimum absolute atomic E-state index is 0.173. The van der Waals surface area contributed by atoms with E-state index in [1.807, 2.05) is 0 Å². The Balaban J connectivity index is 1.68. The van der Waals surface area contributed by atoms with Crippen molar-refractivity contribution in [1.29, 1.82) is 0 Å². The number of hydrogen-bond acceptors (Lipinski definition) is 2. The van der Waals surface area contributed by atoms with Crippen molar-refractivity contribution in [2.45, 2.75) is 31.7 Å². The summed E-state index contributed by atoms with van der Waals surface area (Å²) in [5, 5.41) is 3.30. The molecule has 1 aliphatic rings. The third kappa shape index (κ3) is 3.84. The molecular weight excluding hydrogens is 224 g/mol. The molecule has 18 heavy (non-hydrogen) atoms. The summed E-state index contributed by atoms with van der Waals surface area (Å²) in [5.41, 5.74) is 2.76. The van der Waals surface area contributed by atoms with Crippen LogP contribution in [0.25, 0.3) is 0 Å². The van der Waals surface area contributed by atoms with Gasteiger partial charge in [0.15, 0.2) is 0 Å². The number of benzene rings is 1. The van der Waals surface area contributed by atoms with Crippen LogP contribution in [0.4, 0.5) is 0 Å². The SMILES string of the molecule is CN(C)C(=O)CCNCc1ccc(C2CC2)cc1. The normalized spacial score (nSPS) is 14.6. The Morgan fingerprint density at radius 3 is 2.50 bits per heavy atom. The van der Waals surface area contributed by atoms with Crippen LogP contribution in [-0.2, 0) is 11.3 Å². The molecule has 0 radical (unpaired) electrons. The van der Waals surface area contributed by atoms with Crippen LogP contribution < -0.4 is 5.32 Å². The van der Waals surface area contributed by atoms with Crippen molar-refractivity contribution in [3.8, 4) is 0 Å². The number of hydrogen-bond donors (Lipinski definition) is 1. The summed E-state index contributed by atoms with van der Waals surface area (Å²) in [6, 6.07) is 8.85. The van der Waals surface area contributed by atoms with E-state index in [1.165, 1.54) is 24.0 Å². The van der Waals surface area contributed by atoms with E-state index in [4.69, 9.17) is 0 Å². The second-order valence-corrected chi connectivity index (χ2v) is 5.23. The van der Waals surface area contributed by atoms with Crippen molar-refractivity contribution in [3.05, 3.63) is 35.4 Å². The molecule has 0 saturated heterocycles. The highest BCUT2D eigenvalue weighted by Gasteiger charge is 2.22. The zero-order valence-electron chi connectivity index (χ0n) is 11.3. The number of amides is 1. The molecule has 3 heteroatoms. The molecule has 0 bridgehead atoms. The number of rotatable bonds is 6. The molecule has 1 saturated carbocycles. The Morgan fingerprint density at radius 1 is 1.28 bits per heavy atom. The van der Waals surface area contributed by atoms with Gasteiger partial charge in [-0.15, -0.1) is 0 Å². The van der Waals surface area contributed by atoms with Gasteiger partial charge in [0.05, 0.1) is 0 Å². The molecule has 1 amide bonds. The molecule has 1 fully saturated rings. The molecule has 1 aliphatic carbocycles. The molecular formula is C15H22N2O. The minimum Gasteiger partial charge on any atom is -0.349 e. The Morgan fingerprint density at radius 2 is 1.94 bits per heavy atom. The molecule has 0 heterocycles. The predicted molar refractivity (Wildman–Crippen MR) is 73.4 cm³/mol. The molecule has 3 nitrogen and oxygen atoms in total. The van der Waals surface area contributed by atoms with Gasteiger partial charge in [-0.1, -0.05) is 24.3 Å². The lowest BCUT2D eigenvalue weighted by Crippen LogP contribution is -2.26. The second-order valence-electron chi connectivity index (χ2n) is 5.23. The summed E-state index contributed by atoms with van der Waals surface area (Å²) in [7, 11) is 3.58. The first-order valence-corrected chi connectivity index (χ1v) is 6.66. The molecule has 0 aromatic heterocycles. The molecule has 2 rings (SSSR count). The highest BCUT2D eigenvalue weighted by Crippen LogP contribution is 2.39. The maximum atomic E-state index is 11.4. The summed E-state index contributed by atoms with van der Waals surface area (Å²) >= 11 is 0. The topological polar surface area (TPSA) is 32.3 Å². The van der Waals surface area contributed by atoms with Crippen molar-refractivity contribution in [3.63, 3.8) is 0 Å². The van der Waals surface area contributed by atoms with Gasteiger partial charge in [-0.05, 0) is 29.9 Å². The van der Waals surface area contributed by atoms with Gasteiger partial charge in [-0.3, -0.25) is 4.79 Å². The fourth-order valence-corrected chi connectivity index (χ4v) is 1.98. The van der Waals surface area contributed by atoms with Crippen molar-refractivity contribution < 1.29 is 4.79 Å². The Bertz CT molecular complexity index is 393. The van der Waals surface area contributed by atoms with Crippen molar-refractivity contribution in [2.24, 2.45) is 0 Å². The first-order chi connectivity index (χ1) is 8.66. The fraction of sp³-hybridized carbons (Fsp3) is 0.533. The summed E-state index contributed by atoms with van der Waals surface area (Å²) in [6.45, 7) is 1.58. The number of nitrogens with zero attached hydrogens (tertiary/aromatic N) is 1. The lowest BCUT2D eigenvalue weighted by atomic mass is 10.1. The molecule has 1 N–H and O–H groups in total. The van der Waals surface area contributed by atoms with Gasteiger partial charge in [0, 0.05) is 33.6 Å². The van der Waals surface area contributed by atoms with E-state index in [9.17, 15) is 4.79 Å². The van der Waals surface area contributed by atoms with Crippen LogP contribution in [0.3, 0.4) is 0 Å². The van der Waals surface area contributed by atoms with Crippen molar-refractivity contribution in [1.82, 2.24) is 10.2 Å². The third-order valence-corrected chi connectivity index (χ3v) is 3.37. The minimum atomic E-state index is 0.173. The van der Waals surface area contributed by atoms with Crippen LogP contribution in [0.1, 0.15) is 36.3 Å². The number of nitrogens with one attached hydrogen (secondary N) is 1. The summed E-state index contributed by atoms with van der Waals surface area (Å²) in [5.74, 6) is 0.997. The van der Waals surface area contributed by atoms with E-state index in [-0.39, 0.29) is 5.91 Å². The highest BCUT2D eigenvalue weighted by atomic mass is 16.2. The zero-order valence-corrected chi connectivity index (χ0v) is 11.3. The van der Waals surface area contributed by atoms with Gasteiger partial charge in [0.1, 0.15) is 0 Å². The van der Waals surface area contributed by atoms with Gasteiger partial charge in [-0.25, -0.2) is 0 Å². The van der Waals surface area contributed by atoms with Gasteiger partial charge in [0.2, 0.25) is 5.91 Å². The van der Waals surface area contributed by atoms with Crippen LogP contribution in [0.15, 0.2) is 24.3 Å². The van der Waals surface area contributed by atoms with Crippen LogP contribution in [0.2, 0.25) is 0 Å². The predicted octanol–water partition coefficient (Wildman–Crippen LogP) is 2.13. The summed E-state index contributed by atoms with van der Waals surface area (Å²) in [4.78, 5) is 13.0. The average molecular weight is 246 g/mol. The lowest BCUT2D eigenvalue weighted by molar-refractivity contribution is -0.128. The quantitative estimate of drug-likeness (QED) is 0.780. The maximum absolute atomic E-state index is 11.4. The zero-order chi connectivity index (χ0) is 13.0. The van der Waals surface area contributed by atoms with Gasteiger partial charge in [0.25, 0.3) is 0 Å². The van der Waals surface area contributed by atoms with Gasteiger partial charge >= 0.3 is 0 Å². The number of carbonyl (C=O) groups excluding carboxylic acids is 1. The fourth-order valence-electron chi connectivity index (χ4n) is 1.98. The lowest BCUT2D eigenvalue weighted by Gasteiger charge is -2.10. The molecule has 0 unspecified atom stereocenters. The molecule has 1 aromatic rings. The third-order valence-electron chi connectivity index (χ3n) is 3.37. The van der Waals surface area contributed by atoms with E-state index in [0.717, 1.165) is 19.0 Å². The number of carbonyl (C=O) groups is 1. The summed E-state index contributed by atoms with van der Waals surface area (Å²) in [6.07, 6.45) is 3.27. The molecule has 0 atom stereocenters. The van der Waals surface area contributed by atoms with Gasteiger partial charge in [-0.2, -0.15) is 0 Å². The maximum Gasteiger partial charge on any atom is 0.223 e. The molecule has 0 aliphatic heterocycles. The summed E-state index contributed by atoms with van der Waals surface area (Å²) < 4.78 is 0. The van der Waals surface area contributed by atoms with E-state index in [2.05, 4.69) is 29.6 Å². The van der Waals surface area contributed by atoms with Gasteiger partial charge < -0.3 is 10.2 Å². The van der Waals surface area contributed by atoms with E-state index >= 15 is 0 Å². The molecule has 1 aromatic carbocycles. The monoisotopic (exact) mass is 246 g/mol. The van der Waals surface area contributed by atoms with Crippen molar-refractivity contribution >= 4 is 5.91 Å². The molecule has 98 valence electrons. The Labute approximate surface area is 109 Å². The molecule has 0 spiro atoms. The van der Waals surface area contributed by atoms with E-state index < -0.39 is 0 Å².